The lowest BCUT2D eigenvalue weighted by atomic mass is 10.0. The molecule has 0 heterocycles. The van der Waals surface area contributed by atoms with Gasteiger partial charge in [0.15, 0.2) is 0 Å². The third-order valence-electron chi connectivity index (χ3n) is 5.03. The van der Waals surface area contributed by atoms with E-state index in [2.05, 4.69) is 39.1 Å². The predicted molar refractivity (Wildman–Crippen MR) is 122 cm³/mol. The highest BCUT2D eigenvalue weighted by Crippen LogP contribution is 2.31. The van der Waals surface area contributed by atoms with E-state index in [1.807, 2.05) is 54.6 Å². The molecule has 0 fully saturated rings. The monoisotopic (exact) mass is 405 g/mol. The Morgan fingerprint density at radius 2 is 1.52 bits per heavy atom. The molecule has 0 aromatic heterocycles. The van der Waals surface area contributed by atoms with E-state index in [1.165, 1.54) is 27.1 Å². The van der Waals surface area contributed by atoms with Crippen molar-refractivity contribution in [2.75, 3.05) is 11.1 Å². The summed E-state index contributed by atoms with van der Waals surface area (Å²) in [4.78, 5) is 13.6. The average molecular weight is 406 g/mol. The number of thioether (sulfide) groups is 1. The molecule has 3 aromatic carbocycles. The zero-order valence-corrected chi connectivity index (χ0v) is 18.2. The zero-order chi connectivity index (χ0) is 20.8. The summed E-state index contributed by atoms with van der Waals surface area (Å²) in [5, 5.41) is 2.97. The molecular formula is C25H27NO2S. The first-order valence-corrected chi connectivity index (χ1v) is 10.7. The van der Waals surface area contributed by atoms with Gasteiger partial charge in [0.2, 0.25) is 5.91 Å². The first-order valence-electron chi connectivity index (χ1n) is 9.71. The first kappa shape index (κ1) is 21.0. The molecule has 3 rings (SSSR count). The van der Waals surface area contributed by atoms with Gasteiger partial charge in [-0.05, 0) is 79.8 Å². The minimum Gasteiger partial charge on any atom is -0.489 e. The van der Waals surface area contributed by atoms with Gasteiger partial charge in [-0.1, -0.05) is 36.4 Å². The highest BCUT2D eigenvalue weighted by atomic mass is 32.2. The van der Waals surface area contributed by atoms with Gasteiger partial charge in [0.05, 0.1) is 5.75 Å². The summed E-state index contributed by atoms with van der Waals surface area (Å²) in [5.41, 5.74) is 6.94. The highest BCUT2D eigenvalue weighted by molar-refractivity contribution is 8.00. The normalized spacial score (nSPS) is 10.6. The van der Waals surface area contributed by atoms with E-state index in [-0.39, 0.29) is 5.91 Å². The summed E-state index contributed by atoms with van der Waals surface area (Å²) in [6, 6.07) is 19.8. The van der Waals surface area contributed by atoms with Gasteiger partial charge in [-0.3, -0.25) is 4.79 Å². The number of rotatable bonds is 7. The molecule has 0 bridgehead atoms. The van der Waals surface area contributed by atoms with Crippen molar-refractivity contribution in [2.45, 2.75) is 39.2 Å². The Balaban J connectivity index is 1.53. The second-order valence-corrected chi connectivity index (χ2v) is 8.21. The maximum Gasteiger partial charge on any atom is 0.234 e. The molecule has 0 radical (unpaired) electrons. The summed E-state index contributed by atoms with van der Waals surface area (Å²) in [5.74, 6) is 1.16. The van der Waals surface area contributed by atoms with Crippen LogP contribution in [0, 0.1) is 27.7 Å². The van der Waals surface area contributed by atoms with Gasteiger partial charge < -0.3 is 10.1 Å². The maximum atomic E-state index is 12.4. The molecule has 0 aliphatic heterocycles. The average Bonchev–Trinajstić information content (AvgIpc) is 2.72. The zero-order valence-electron chi connectivity index (χ0n) is 17.4. The molecule has 0 unspecified atom stereocenters. The quantitative estimate of drug-likeness (QED) is 0.474. The van der Waals surface area contributed by atoms with Crippen LogP contribution in [0.3, 0.4) is 0 Å². The predicted octanol–water partition coefficient (Wildman–Crippen LogP) is 6.23. The van der Waals surface area contributed by atoms with Crippen molar-refractivity contribution in [3.8, 4) is 5.75 Å². The van der Waals surface area contributed by atoms with Crippen LogP contribution in [0.4, 0.5) is 5.69 Å². The number of carbonyl (C=O) groups is 1. The second kappa shape index (κ2) is 9.66. The molecule has 0 atom stereocenters. The van der Waals surface area contributed by atoms with Crippen LogP contribution < -0.4 is 10.1 Å². The van der Waals surface area contributed by atoms with Crippen LogP contribution in [-0.4, -0.2) is 11.7 Å². The summed E-state index contributed by atoms with van der Waals surface area (Å²) >= 11 is 1.60. The lowest BCUT2D eigenvalue weighted by molar-refractivity contribution is -0.113. The fraction of sp³-hybridized carbons (Fsp3) is 0.240. The molecular weight excluding hydrogens is 378 g/mol. The van der Waals surface area contributed by atoms with Crippen LogP contribution in [0.25, 0.3) is 0 Å². The minimum atomic E-state index is -0.00841. The molecule has 1 amide bonds. The summed E-state index contributed by atoms with van der Waals surface area (Å²) in [6.07, 6.45) is 0. The van der Waals surface area contributed by atoms with E-state index in [0.29, 0.717) is 12.4 Å². The smallest absolute Gasteiger partial charge is 0.234 e. The van der Waals surface area contributed by atoms with Gasteiger partial charge in [-0.15, -0.1) is 11.8 Å². The summed E-state index contributed by atoms with van der Waals surface area (Å²) < 4.78 is 5.79. The number of amides is 1. The lowest BCUT2D eigenvalue weighted by Crippen LogP contribution is -2.14. The summed E-state index contributed by atoms with van der Waals surface area (Å²) in [7, 11) is 0. The second-order valence-electron chi connectivity index (χ2n) is 7.22. The van der Waals surface area contributed by atoms with Crippen LogP contribution in [0.2, 0.25) is 0 Å². The number of aryl methyl sites for hydroxylation is 2. The fourth-order valence-corrected chi connectivity index (χ4v) is 4.21. The summed E-state index contributed by atoms with van der Waals surface area (Å²) in [6.45, 7) is 9.00. The van der Waals surface area contributed by atoms with Gasteiger partial charge >= 0.3 is 0 Å². The Hall–Kier alpha value is -2.72. The van der Waals surface area contributed by atoms with Gasteiger partial charge in [-0.2, -0.15) is 0 Å². The molecule has 0 aliphatic rings. The van der Waals surface area contributed by atoms with E-state index in [9.17, 15) is 4.79 Å². The van der Waals surface area contributed by atoms with Crippen molar-refractivity contribution in [1.82, 2.24) is 0 Å². The molecule has 29 heavy (non-hydrogen) atoms. The molecule has 3 aromatic rings. The van der Waals surface area contributed by atoms with Crippen molar-refractivity contribution in [3.05, 3.63) is 88.5 Å². The van der Waals surface area contributed by atoms with Crippen molar-refractivity contribution < 1.29 is 9.53 Å². The SMILES string of the molecule is Cc1cc(C)c(C)c(SCC(=O)Nc2ccc(OCc3ccccc3)cc2)c1C. The number of benzene rings is 3. The number of hydrogen-bond donors (Lipinski definition) is 1. The number of hydrogen-bond acceptors (Lipinski definition) is 3. The Morgan fingerprint density at radius 1 is 0.897 bits per heavy atom. The van der Waals surface area contributed by atoms with E-state index in [0.717, 1.165) is 17.0 Å². The highest BCUT2D eigenvalue weighted by Gasteiger charge is 2.11. The van der Waals surface area contributed by atoms with Gasteiger partial charge in [0.1, 0.15) is 12.4 Å². The van der Waals surface area contributed by atoms with Gasteiger partial charge in [-0.25, -0.2) is 0 Å². The van der Waals surface area contributed by atoms with E-state index < -0.39 is 0 Å². The Kier molecular flexibility index (Phi) is 6.99. The van der Waals surface area contributed by atoms with Crippen LogP contribution >= 0.6 is 11.8 Å². The molecule has 0 saturated carbocycles. The van der Waals surface area contributed by atoms with Crippen LogP contribution in [0.1, 0.15) is 27.8 Å². The minimum absolute atomic E-state index is 0.00841. The molecule has 4 heteroatoms. The topological polar surface area (TPSA) is 38.3 Å². The van der Waals surface area contributed by atoms with Crippen LogP contribution in [0.5, 0.6) is 5.75 Å². The van der Waals surface area contributed by atoms with Crippen molar-refractivity contribution in [3.63, 3.8) is 0 Å². The third-order valence-corrected chi connectivity index (χ3v) is 6.34. The lowest BCUT2D eigenvalue weighted by Gasteiger charge is -2.14. The van der Waals surface area contributed by atoms with Crippen LogP contribution in [0.15, 0.2) is 65.6 Å². The van der Waals surface area contributed by atoms with Crippen LogP contribution in [-0.2, 0) is 11.4 Å². The number of anilines is 1. The van der Waals surface area contributed by atoms with E-state index >= 15 is 0 Å². The molecule has 150 valence electrons. The van der Waals surface area contributed by atoms with Crippen molar-refractivity contribution >= 4 is 23.4 Å². The van der Waals surface area contributed by atoms with Crippen molar-refractivity contribution in [1.29, 1.82) is 0 Å². The molecule has 1 N–H and O–H groups in total. The molecule has 0 saturated heterocycles. The van der Waals surface area contributed by atoms with E-state index in [1.54, 1.807) is 11.8 Å². The molecule has 3 nitrogen and oxygen atoms in total. The van der Waals surface area contributed by atoms with Gasteiger partial charge in [0.25, 0.3) is 0 Å². The first-order chi connectivity index (χ1) is 13.9. The van der Waals surface area contributed by atoms with E-state index in [4.69, 9.17) is 4.74 Å². The maximum absolute atomic E-state index is 12.4. The Bertz CT molecular complexity index is 956. The molecule has 0 spiro atoms. The van der Waals surface area contributed by atoms with Gasteiger partial charge in [0, 0.05) is 10.6 Å². The number of ether oxygens (including phenoxy) is 1. The Labute approximate surface area is 177 Å². The largest absolute Gasteiger partial charge is 0.489 e. The Morgan fingerprint density at radius 3 is 2.14 bits per heavy atom. The number of carbonyl (C=O) groups excluding carboxylic acids is 1. The molecule has 0 aliphatic carbocycles. The van der Waals surface area contributed by atoms with Crippen molar-refractivity contribution in [2.24, 2.45) is 0 Å². The standard InChI is InChI=1S/C25H27NO2S/c1-17-14-18(2)20(4)25(19(17)3)29-16-24(27)26-22-10-12-23(13-11-22)28-15-21-8-6-5-7-9-21/h5-14H,15-16H2,1-4H3,(H,26,27). The number of nitrogens with one attached hydrogen (secondary N) is 1. The fourth-order valence-electron chi connectivity index (χ4n) is 3.11. The third kappa shape index (κ3) is 5.64.